The van der Waals surface area contributed by atoms with Crippen LogP contribution < -0.4 is 10.7 Å². The Morgan fingerprint density at radius 1 is 1.13 bits per heavy atom. The zero-order valence-electron chi connectivity index (χ0n) is 12.3. The van der Waals surface area contributed by atoms with Crippen LogP contribution >= 0.6 is 22.6 Å². The molecule has 0 bridgehead atoms. The molecule has 6 nitrogen and oxygen atoms in total. The van der Waals surface area contributed by atoms with Gasteiger partial charge in [-0.1, -0.05) is 0 Å². The smallest absolute Gasteiger partial charge is 0.240 e. The summed E-state index contributed by atoms with van der Waals surface area (Å²) in [4.78, 5) is 23.3. The summed E-state index contributed by atoms with van der Waals surface area (Å²) in [6.07, 6.45) is 3.91. The summed E-state index contributed by atoms with van der Waals surface area (Å²) in [6.45, 7) is 0. The minimum atomic E-state index is -0.241. The van der Waals surface area contributed by atoms with Crippen LogP contribution in [0.3, 0.4) is 0 Å². The predicted octanol–water partition coefficient (Wildman–Crippen LogP) is 3.14. The summed E-state index contributed by atoms with van der Waals surface area (Å²) in [5.74, 6) is 0.204. The summed E-state index contributed by atoms with van der Waals surface area (Å²) in [7, 11) is 0. The van der Waals surface area contributed by atoms with E-state index in [-0.39, 0.29) is 24.7 Å². The Morgan fingerprint density at radius 3 is 2.57 bits per heavy atom. The lowest BCUT2D eigenvalue weighted by atomic mass is 10.2. The van der Waals surface area contributed by atoms with Gasteiger partial charge in [0.05, 0.1) is 12.5 Å². The van der Waals surface area contributed by atoms with Crippen molar-refractivity contribution in [3.63, 3.8) is 0 Å². The van der Waals surface area contributed by atoms with Crippen molar-refractivity contribution in [2.24, 2.45) is 5.10 Å². The van der Waals surface area contributed by atoms with Gasteiger partial charge in [-0.05, 0) is 65.4 Å². The molecular formula is C16H16IN3O3. The SMILES string of the molecule is O=C(CCCC(=O)Nc1ccc(I)cc1)N/N=C/c1ccco1. The molecule has 2 aromatic rings. The van der Waals surface area contributed by atoms with Gasteiger partial charge >= 0.3 is 0 Å². The third-order valence-electron chi connectivity index (χ3n) is 2.86. The number of furan rings is 1. The van der Waals surface area contributed by atoms with Crippen molar-refractivity contribution >= 4 is 46.3 Å². The first-order valence-electron chi connectivity index (χ1n) is 7.04. The molecule has 1 aromatic carbocycles. The lowest BCUT2D eigenvalue weighted by molar-refractivity contribution is -0.121. The largest absolute Gasteiger partial charge is 0.463 e. The van der Waals surface area contributed by atoms with Crippen LogP contribution in [0.2, 0.25) is 0 Å². The summed E-state index contributed by atoms with van der Waals surface area (Å²) in [5.41, 5.74) is 3.14. The first kappa shape index (κ1) is 17.2. The highest BCUT2D eigenvalue weighted by atomic mass is 127. The van der Waals surface area contributed by atoms with Gasteiger partial charge in [0, 0.05) is 22.1 Å². The molecule has 2 N–H and O–H groups in total. The molecule has 120 valence electrons. The van der Waals surface area contributed by atoms with E-state index in [9.17, 15) is 9.59 Å². The van der Waals surface area contributed by atoms with Crippen LogP contribution in [0.5, 0.6) is 0 Å². The van der Waals surface area contributed by atoms with E-state index < -0.39 is 0 Å². The lowest BCUT2D eigenvalue weighted by Gasteiger charge is -2.05. The monoisotopic (exact) mass is 425 g/mol. The van der Waals surface area contributed by atoms with E-state index in [0.29, 0.717) is 12.2 Å². The number of halogens is 1. The van der Waals surface area contributed by atoms with Crippen LogP contribution in [0, 0.1) is 3.57 Å². The maximum atomic E-state index is 11.8. The molecule has 0 atom stereocenters. The number of hydrogen-bond acceptors (Lipinski definition) is 4. The molecule has 2 rings (SSSR count). The van der Waals surface area contributed by atoms with Crippen molar-refractivity contribution in [1.29, 1.82) is 0 Å². The van der Waals surface area contributed by atoms with Crippen molar-refractivity contribution < 1.29 is 14.0 Å². The van der Waals surface area contributed by atoms with Gasteiger partial charge in [0.1, 0.15) is 5.76 Å². The van der Waals surface area contributed by atoms with Gasteiger partial charge in [0.25, 0.3) is 0 Å². The minimum absolute atomic E-state index is 0.113. The van der Waals surface area contributed by atoms with Gasteiger partial charge in [-0.2, -0.15) is 5.10 Å². The maximum Gasteiger partial charge on any atom is 0.240 e. The fourth-order valence-electron chi connectivity index (χ4n) is 1.75. The zero-order chi connectivity index (χ0) is 16.5. The molecule has 0 saturated carbocycles. The van der Waals surface area contributed by atoms with Gasteiger partial charge in [-0.3, -0.25) is 9.59 Å². The maximum absolute atomic E-state index is 11.8. The topological polar surface area (TPSA) is 83.7 Å². The molecule has 0 aliphatic heterocycles. The lowest BCUT2D eigenvalue weighted by Crippen LogP contribution is -2.18. The molecule has 0 aliphatic rings. The standard InChI is InChI=1S/C16H16IN3O3/c17-12-6-8-13(9-7-12)19-15(21)4-1-5-16(22)20-18-11-14-3-2-10-23-14/h2-3,6-11H,1,4-5H2,(H,19,21)(H,20,22)/b18-11+. The van der Waals surface area contributed by atoms with Crippen molar-refractivity contribution in [1.82, 2.24) is 5.43 Å². The van der Waals surface area contributed by atoms with E-state index >= 15 is 0 Å². The average Bonchev–Trinajstić information content (AvgIpc) is 3.03. The van der Waals surface area contributed by atoms with Crippen LogP contribution in [0.1, 0.15) is 25.0 Å². The summed E-state index contributed by atoms with van der Waals surface area (Å²) in [5, 5.41) is 6.56. The number of carbonyl (C=O) groups is 2. The van der Waals surface area contributed by atoms with Gasteiger partial charge in [-0.25, -0.2) is 5.43 Å². The Kier molecular flexibility index (Phi) is 6.79. The number of carbonyl (C=O) groups excluding carboxylic acids is 2. The van der Waals surface area contributed by atoms with E-state index in [1.54, 1.807) is 12.1 Å². The van der Waals surface area contributed by atoms with Crippen molar-refractivity contribution in [2.45, 2.75) is 19.3 Å². The quantitative estimate of drug-likeness (QED) is 0.406. The minimum Gasteiger partial charge on any atom is -0.463 e. The molecule has 2 amide bonds. The highest BCUT2D eigenvalue weighted by Gasteiger charge is 2.05. The molecule has 0 radical (unpaired) electrons. The van der Waals surface area contributed by atoms with Crippen LogP contribution in [0.25, 0.3) is 0 Å². The summed E-state index contributed by atoms with van der Waals surface area (Å²) in [6, 6.07) is 11.0. The van der Waals surface area contributed by atoms with E-state index in [0.717, 1.165) is 9.26 Å². The highest BCUT2D eigenvalue weighted by molar-refractivity contribution is 14.1. The first-order valence-corrected chi connectivity index (χ1v) is 8.12. The zero-order valence-corrected chi connectivity index (χ0v) is 14.4. The second-order valence-electron chi connectivity index (χ2n) is 4.72. The second-order valence-corrected chi connectivity index (χ2v) is 5.96. The third kappa shape index (κ3) is 6.64. The van der Waals surface area contributed by atoms with Crippen molar-refractivity contribution in [3.8, 4) is 0 Å². The Hall–Kier alpha value is -2.16. The summed E-state index contributed by atoms with van der Waals surface area (Å²) < 4.78 is 6.14. The van der Waals surface area contributed by atoms with Crippen LogP contribution in [-0.2, 0) is 9.59 Å². The van der Waals surface area contributed by atoms with E-state index in [1.807, 2.05) is 24.3 Å². The number of nitrogens with zero attached hydrogens (tertiary/aromatic N) is 1. The van der Waals surface area contributed by atoms with Crippen LogP contribution in [0.15, 0.2) is 52.2 Å². The number of nitrogens with one attached hydrogen (secondary N) is 2. The summed E-state index contributed by atoms with van der Waals surface area (Å²) >= 11 is 2.20. The normalized spacial score (nSPS) is 10.7. The van der Waals surface area contributed by atoms with E-state index in [2.05, 4.69) is 38.4 Å². The van der Waals surface area contributed by atoms with Gasteiger partial charge in [0.2, 0.25) is 11.8 Å². The fourth-order valence-corrected chi connectivity index (χ4v) is 2.11. The molecule has 0 spiro atoms. The predicted molar refractivity (Wildman–Crippen MR) is 96.1 cm³/mol. The highest BCUT2D eigenvalue weighted by Crippen LogP contribution is 2.11. The Balaban J connectivity index is 1.63. The molecule has 0 unspecified atom stereocenters. The molecule has 0 fully saturated rings. The van der Waals surface area contributed by atoms with Gasteiger partial charge < -0.3 is 9.73 Å². The number of anilines is 1. The molecule has 0 aliphatic carbocycles. The Labute approximate surface area is 147 Å². The molecular weight excluding hydrogens is 409 g/mol. The fraction of sp³-hybridized carbons (Fsp3) is 0.188. The molecule has 0 saturated heterocycles. The second kappa shape index (κ2) is 9.09. The number of rotatable bonds is 7. The average molecular weight is 425 g/mol. The van der Waals surface area contributed by atoms with Crippen molar-refractivity contribution in [3.05, 3.63) is 52.0 Å². The van der Waals surface area contributed by atoms with Gasteiger partial charge in [-0.15, -0.1) is 0 Å². The molecule has 1 heterocycles. The number of hydrazone groups is 1. The third-order valence-corrected chi connectivity index (χ3v) is 3.58. The van der Waals surface area contributed by atoms with Crippen molar-refractivity contribution in [2.75, 3.05) is 5.32 Å². The molecule has 7 heteroatoms. The molecule has 23 heavy (non-hydrogen) atoms. The molecule has 1 aromatic heterocycles. The Morgan fingerprint density at radius 2 is 1.87 bits per heavy atom. The first-order chi connectivity index (χ1) is 11.1. The Bertz CT molecular complexity index is 666. The number of hydrogen-bond donors (Lipinski definition) is 2. The van der Waals surface area contributed by atoms with E-state index in [4.69, 9.17) is 4.42 Å². The van der Waals surface area contributed by atoms with Crippen LogP contribution in [-0.4, -0.2) is 18.0 Å². The van der Waals surface area contributed by atoms with E-state index in [1.165, 1.54) is 12.5 Å². The number of amides is 2. The number of benzene rings is 1. The van der Waals surface area contributed by atoms with Gasteiger partial charge in [0.15, 0.2) is 0 Å². The van der Waals surface area contributed by atoms with Crippen LogP contribution in [0.4, 0.5) is 5.69 Å².